The van der Waals surface area contributed by atoms with E-state index in [2.05, 4.69) is 29.3 Å². The van der Waals surface area contributed by atoms with Gasteiger partial charge in [0.1, 0.15) is 6.04 Å². The zero-order valence-electron chi connectivity index (χ0n) is 11.4. The van der Waals surface area contributed by atoms with Crippen molar-refractivity contribution >= 4 is 17.3 Å². The van der Waals surface area contributed by atoms with Gasteiger partial charge in [-0.1, -0.05) is 19.4 Å². The maximum Gasteiger partial charge on any atom is 0.245 e. The zero-order chi connectivity index (χ0) is 13.4. The van der Waals surface area contributed by atoms with Crippen LogP contribution in [0.3, 0.4) is 0 Å². The van der Waals surface area contributed by atoms with Gasteiger partial charge in [-0.25, -0.2) is 0 Å². The van der Waals surface area contributed by atoms with Gasteiger partial charge in [-0.15, -0.1) is 0 Å². The molecule has 0 aromatic heterocycles. The van der Waals surface area contributed by atoms with Crippen molar-refractivity contribution in [2.75, 3.05) is 16.8 Å². The number of benzene rings is 1. The maximum atomic E-state index is 11.6. The molecule has 1 aliphatic heterocycles. The molecule has 19 heavy (non-hydrogen) atoms. The van der Waals surface area contributed by atoms with Crippen molar-refractivity contribution < 1.29 is 4.79 Å². The summed E-state index contributed by atoms with van der Waals surface area (Å²) in [4.78, 5) is 14.1. The number of nitrogens with two attached hydrogens (primary N) is 1. The molecule has 1 unspecified atom stereocenters. The second kappa shape index (κ2) is 4.85. The molecule has 2 aliphatic rings. The van der Waals surface area contributed by atoms with E-state index in [0.29, 0.717) is 6.04 Å². The first-order valence-corrected chi connectivity index (χ1v) is 7.17. The van der Waals surface area contributed by atoms with E-state index in [4.69, 9.17) is 5.73 Å². The van der Waals surface area contributed by atoms with Crippen LogP contribution >= 0.6 is 0 Å². The number of rotatable bonds is 5. The lowest BCUT2D eigenvalue weighted by Crippen LogP contribution is -2.26. The molecule has 1 fully saturated rings. The number of amides is 1. The van der Waals surface area contributed by atoms with Gasteiger partial charge in [0, 0.05) is 29.5 Å². The summed E-state index contributed by atoms with van der Waals surface area (Å²) < 4.78 is 0. The lowest BCUT2D eigenvalue weighted by Gasteiger charge is -2.25. The Bertz CT molecular complexity index is 496. The van der Waals surface area contributed by atoms with Gasteiger partial charge >= 0.3 is 0 Å². The third kappa shape index (κ3) is 2.32. The molecule has 4 heteroatoms. The van der Waals surface area contributed by atoms with Crippen molar-refractivity contribution in [2.24, 2.45) is 5.73 Å². The minimum Gasteiger partial charge on any atom is -0.368 e. The van der Waals surface area contributed by atoms with Gasteiger partial charge in [0.25, 0.3) is 0 Å². The molecule has 1 atom stereocenters. The van der Waals surface area contributed by atoms with Gasteiger partial charge in [0.2, 0.25) is 5.91 Å². The van der Waals surface area contributed by atoms with Crippen LogP contribution in [0.1, 0.15) is 44.2 Å². The maximum absolute atomic E-state index is 11.6. The van der Waals surface area contributed by atoms with Crippen molar-refractivity contribution in [2.45, 2.75) is 44.7 Å². The number of hydrogen-bond acceptors (Lipinski definition) is 3. The van der Waals surface area contributed by atoms with E-state index in [-0.39, 0.29) is 5.91 Å². The van der Waals surface area contributed by atoms with Gasteiger partial charge in [-0.2, -0.15) is 0 Å². The predicted octanol–water partition coefficient (Wildman–Crippen LogP) is 2.41. The molecule has 3 rings (SSSR count). The summed E-state index contributed by atoms with van der Waals surface area (Å²) >= 11 is 0. The standard InChI is InChI=1S/C15H21N3O/c1-2-3-8-18(10-4-5-10)11-6-7-12-13(9-11)17-15(19)14(12)16/h6-7,9-10,14H,2-5,8,16H2,1H3,(H,17,19). The van der Waals surface area contributed by atoms with Crippen LogP contribution in [-0.2, 0) is 4.79 Å². The smallest absolute Gasteiger partial charge is 0.245 e. The number of nitrogens with zero attached hydrogens (tertiary/aromatic N) is 1. The molecule has 0 bridgehead atoms. The highest BCUT2D eigenvalue weighted by Crippen LogP contribution is 2.37. The number of hydrogen-bond donors (Lipinski definition) is 2. The minimum absolute atomic E-state index is 0.0984. The number of nitrogens with one attached hydrogen (secondary N) is 1. The fourth-order valence-electron chi connectivity index (χ4n) is 2.69. The van der Waals surface area contributed by atoms with Crippen molar-refractivity contribution in [1.82, 2.24) is 0 Å². The second-order valence-electron chi connectivity index (χ2n) is 5.52. The molecule has 1 amide bonds. The van der Waals surface area contributed by atoms with Crippen LogP contribution in [0.2, 0.25) is 0 Å². The molecule has 0 radical (unpaired) electrons. The number of carbonyl (C=O) groups is 1. The van der Waals surface area contributed by atoms with Crippen LogP contribution in [-0.4, -0.2) is 18.5 Å². The third-order valence-corrected chi connectivity index (χ3v) is 3.98. The van der Waals surface area contributed by atoms with Crippen LogP contribution in [0.4, 0.5) is 11.4 Å². The van der Waals surface area contributed by atoms with Crippen LogP contribution in [0, 0.1) is 0 Å². The van der Waals surface area contributed by atoms with E-state index in [0.717, 1.165) is 17.8 Å². The van der Waals surface area contributed by atoms with E-state index in [1.54, 1.807) is 0 Å². The molecule has 3 N–H and O–H groups in total. The van der Waals surface area contributed by atoms with Gasteiger partial charge in [-0.3, -0.25) is 4.79 Å². The second-order valence-corrected chi connectivity index (χ2v) is 5.52. The summed E-state index contributed by atoms with van der Waals surface area (Å²) in [5, 5.41) is 2.87. The van der Waals surface area contributed by atoms with Crippen LogP contribution < -0.4 is 16.0 Å². The Morgan fingerprint density at radius 3 is 2.89 bits per heavy atom. The first kappa shape index (κ1) is 12.5. The number of anilines is 2. The number of carbonyl (C=O) groups excluding carboxylic acids is 1. The van der Waals surface area contributed by atoms with Crippen molar-refractivity contribution in [1.29, 1.82) is 0 Å². The lowest BCUT2D eigenvalue weighted by atomic mass is 10.1. The summed E-state index contributed by atoms with van der Waals surface area (Å²) in [7, 11) is 0. The summed E-state index contributed by atoms with van der Waals surface area (Å²) in [5.41, 5.74) is 8.86. The van der Waals surface area contributed by atoms with Gasteiger partial charge in [0.15, 0.2) is 0 Å². The lowest BCUT2D eigenvalue weighted by molar-refractivity contribution is -0.116. The average Bonchev–Trinajstić information content (AvgIpc) is 3.19. The Hall–Kier alpha value is -1.55. The normalized spacial score (nSPS) is 21.2. The Labute approximate surface area is 114 Å². The largest absolute Gasteiger partial charge is 0.368 e. The number of unbranched alkanes of at least 4 members (excludes halogenated alkanes) is 1. The van der Waals surface area contributed by atoms with Crippen molar-refractivity contribution in [3.63, 3.8) is 0 Å². The first-order valence-electron chi connectivity index (χ1n) is 7.17. The summed E-state index contributed by atoms with van der Waals surface area (Å²) in [6.45, 7) is 3.31. The SMILES string of the molecule is CCCCN(c1ccc2c(c1)NC(=O)C2N)C1CC1. The predicted molar refractivity (Wildman–Crippen MR) is 77.3 cm³/mol. The van der Waals surface area contributed by atoms with E-state index < -0.39 is 6.04 Å². The van der Waals surface area contributed by atoms with Crippen molar-refractivity contribution in [3.8, 4) is 0 Å². The Morgan fingerprint density at radius 2 is 2.21 bits per heavy atom. The fourth-order valence-corrected chi connectivity index (χ4v) is 2.69. The highest BCUT2D eigenvalue weighted by atomic mass is 16.2. The molecule has 1 saturated carbocycles. The summed E-state index contributed by atoms with van der Waals surface area (Å²) in [5.74, 6) is -0.0984. The molecule has 1 aliphatic carbocycles. The molecule has 4 nitrogen and oxygen atoms in total. The van der Waals surface area contributed by atoms with Crippen LogP contribution in [0.25, 0.3) is 0 Å². The molecule has 102 valence electrons. The van der Waals surface area contributed by atoms with Gasteiger partial charge in [-0.05, 0) is 31.4 Å². The minimum atomic E-state index is -0.505. The van der Waals surface area contributed by atoms with Gasteiger partial charge < -0.3 is 16.0 Å². The molecule has 0 spiro atoms. The molecule has 1 heterocycles. The topological polar surface area (TPSA) is 58.4 Å². The van der Waals surface area contributed by atoms with E-state index in [1.165, 1.54) is 31.4 Å². The Morgan fingerprint density at radius 1 is 1.42 bits per heavy atom. The van der Waals surface area contributed by atoms with E-state index >= 15 is 0 Å². The first-order chi connectivity index (χ1) is 9.20. The van der Waals surface area contributed by atoms with Crippen LogP contribution in [0.5, 0.6) is 0 Å². The molecule has 0 saturated heterocycles. The monoisotopic (exact) mass is 259 g/mol. The summed E-state index contributed by atoms with van der Waals surface area (Å²) in [6, 6.07) is 6.36. The van der Waals surface area contributed by atoms with Gasteiger partial charge in [0.05, 0.1) is 0 Å². The highest BCUT2D eigenvalue weighted by molar-refractivity contribution is 6.03. The fraction of sp³-hybridized carbons (Fsp3) is 0.533. The van der Waals surface area contributed by atoms with Crippen LogP contribution in [0.15, 0.2) is 18.2 Å². The molecular weight excluding hydrogens is 238 g/mol. The number of fused-ring (bicyclic) bond motifs is 1. The quantitative estimate of drug-likeness (QED) is 0.853. The van der Waals surface area contributed by atoms with Crippen molar-refractivity contribution in [3.05, 3.63) is 23.8 Å². The van der Waals surface area contributed by atoms with E-state index in [9.17, 15) is 4.79 Å². The molecule has 1 aromatic rings. The summed E-state index contributed by atoms with van der Waals surface area (Å²) in [6.07, 6.45) is 4.98. The molecular formula is C15H21N3O. The Kier molecular flexibility index (Phi) is 3.19. The zero-order valence-corrected chi connectivity index (χ0v) is 11.4. The highest BCUT2D eigenvalue weighted by Gasteiger charge is 2.31. The Balaban J connectivity index is 1.85. The average molecular weight is 259 g/mol. The molecule has 1 aromatic carbocycles. The van der Waals surface area contributed by atoms with E-state index in [1.807, 2.05) is 6.07 Å². The third-order valence-electron chi connectivity index (χ3n) is 3.98.